The number of carbonyl (C=O) groups is 1. The van der Waals surface area contributed by atoms with E-state index in [1.807, 2.05) is 30.3 Å². The molecule has 7 nitrogen and oxygen atoms in total. The van der Waals surface area contributed by atoms with Gasteiger partial charge in [0.1, 0.15) is 6.04 Å². The molecular weight excluding hydrogens is 316 g/mol. The van der Waals surface area contributed by atoms with E-state index in [4.69, 9.17) is 11.6 Å². The zero-order valence-corrected chi connectivity index (χ0v) is 12.7. The number of hydrogen-bond donors (Lipinski definition) is 3. The fourth-order valence-electron chi connectivity index (χ4n) is 2.05. The van der Waals surface area contributed by atoms with Crippen LogP contribution in [0.3, 0.4) is 0 Å². The molecule has 0 spiro atoms. The third-order valence-corrected chi connectivity index (χ3v) is 3.38. The summed E-state index contributed by atoms with van der Waals surface area (Å²) in [6.45, 7) is 0. The SMILES string of the molecule is O=C(Nc1ccc(Cl)cc1)[C@@H](Nc1nn[nH]n1)c1ccccc1. The van der Waals surface area contributed by atoms with Gasteiger partial charge in [-0.2, -0.15) is 5.21 Å². The molecule has 0 unspecified atom stereocenters. The number of halogens is 1. The maximum atomic E-state index is 12.6. The Bertz CT molecular complexity index is 760. The van der Waals surface area contributed by atoms with Gasteiger partial charge in [-0.1, -0.05) is 47.0 Å². The number of amides is 1. The van der Waals surface area contributed by atoms with Crippen molar-refractivity contribution >= 4 is 29.1 Å². The van der Waals surface area contributed by atoms with Crippen molar-refractivity contribution in [1.29, 1.82) is 0 Å². The molecular formula is C15H13ClN6O. The lowest BCUT2D eigenvalue weighted by Crippen LogP contribution is -2.27. The first-order valence-electron chi connectivity index (χ1n) is 6.84. The highest BCUT2D eigenvalue weighted by Gasteiger charge is 2.22. The number of nitrogens with one attached hydrogen (secondary N) is 3. The van der Waals surface area contributed by atoms with Crippen molar-refractivity contribution in [3.8, 4) is 0 Å². The summed E-state index contributed by atoms with van der Waals surface area (Å²) in [5.74, 6) is -0.00608. The fraction of sp³-hybridized carbons (Fsp3) is 0.0667. The van der Waals surface area contributed by atoms with Gasteiger partial charge >= 0.3 is 0 Å². The molecule has 0 aliphatic heterocycles. The third kappa shape index (κ3) is 3.83. The molecule has 2 aromatic carbocycles. The second-order valence-electron chi connectivity index (χ2n) is 4.72. The number of tetrazole rings is 1. The van der Waals surface area contributed by atoms with Crippen molar-refractivity contribution in [2.75, 3.05) is 10.6 Å². The van der Waals surface area contributed by atoms with Crippen LogP contribution in [0.1, 0.15) is 11.6 Å². The van der Waals surface area contributed by atoms with Gasteiger partial charge in [0.15, 0.2) is 0 Å². The molecule has 0 radical (unpaired) electrons. The Morgan fingerprint density at radius 2 is 1.83 bits per heavy atom. The fourth-order valence-corrected chi connectivity index (χ4v) is 2.17. The number of nitrogens with zero attached hydrogens (tertiary/aromatic N) is 3. The second kappa shape index (κ2) is 6.89. The highest BCUT2D eigenvalue weighted by atomic mass is 35.5. The smallest absolute Gasteiger partial charge is 0.264 e. The predicted molar refractivity (Wildman–Crippen MR) is 87.1 cm³/mol. The highest BCUT2D eigenvalue weighted by molar-refractivity contribution is 6.30. The molecule has 0 fully saturated rings. The number of carbonyl (C=O) groups excluding carboxylic acids is 1. The molecule has 3 aromatic rings. The Hall–Kier alpha value is -2.93. The van der Waals surface area contributed by atoms with E-state index in [-0.39, 0.29) is 11.9 Å². The summed E-state index contributed by atoms with van der Waals surface area (Å²) in [6, 6.07) is 15.5. The summed E-state index contributed by atoms with van der Waals surface area (Å²) in [5.41, 5.74) is 1.43. The van der Waals surface area contributed by atoms with E-state index in [9.17, 15) is 4.79 Å². The molecule has 0 bridgehead atoms. The van der Waals surface area contributed by atoms with Crippen LogP contribution in [0.15, 0.2) is 54.6 Å². The Morgan fingerprint density at radius 1 is 1.09 bits per heavy atom. The molecule has 116 valence electrons. The minimum absolute atomic E-state index is 0.241. The summed E-state index contributed by atoms with van der Waals surface area (Å²) in [5, 5.41) is 19.9. The monoisotopic (exact) mass is 328 g/mol. The number of benzene rings is 2. The largest absolute Gasteiger partial charge is 0.336 e. The van der Waals surface area contributed by atoms with Gasteiger partial charge in [-0.3, -0.25) is 4.79 Å². The molecule has 1 atom stereocenters. The number of hydrogen-bond acceptors (Lipinski definition) is 5. The molecule has 0 saturated carbocycles. The van der Waals surface area contributed by atoms with E-state index in [0.29, 0.717) is 10.7 Å². The van der Waals surface area contributed by atoms with Crippen molar-refractivity contribution in [2.45, 2.75) is 6.04 Å². The molecule has 3 N–H and O–H groups in total. The van der Waals surface area contributed by atoms with E-state index >= 15 is 0 Å². The van der Waals surface area contributed by atoms with E-state index in [1.54, 1.807) is 24.3 Å². The van der Waals surface area contributed by atoms with E-state index in [1.165, 1.54) is 0 Å². The Labute approximate surface area is 137 Å². The van der Waals surface area contributed by atoms with Gasteiger partial charge < -0.3 is 10.6 Å². The van der Waals surface area contributed by atoms with Crippen molar-refractivity contribution in [2.24, 2.45) is 0 Å². The van der Waals surface area contributed by atoms with Gasteiger partial charge in [-0.25, -0.2) is 0 Å². The number of aromatic nitrogens is 4. The normalized spacial score (nSPS) is 11.7. The van der Waals surface area contributed by atoms with Crippen LogP contribution in [0.4, 0.5) is 11.6 Å². The van der Waals surface area contributed by atoms with Gasteiger partial charge in [-0.05, 0) is 35.0 Å². The van der Waals surface area contributed by atoms with Gasteiger partial charge in [0.25, 0.3) is 11.9 Å². The minimum atomic E-state index is -0.663. The lowest BCUT2D eigenvalue weighted by molar-refractivity contribution is -0.117. The van der Waals surface area contributed by atoms with Crippen molar-refractivity contribution in [3.05, 3.63) is 65.2 Å². The molecule has 0 saturated heterocycles. The first kappa shape index (κ1) is 15.0. The quantitative estimate of drug-likeness (QED) is 0.669. The van der Waals surface area contributed by atoms with E-state index in [2.05, 4.69) is 31.3 Å². The van der Waals surface area contributed by atoms with Crippen LogP contribution in [0.2, 0.25) is 5.02 Å². The Kier molecular flexibility index (Phi) is 4.49. The average Bonchev–Trinajstić information content (AvgIpc) is 3.09. The maximum Gasteiger partial charge on any atom is 0.264 e. The minimum Gasteiger partial charge on any atom is -0.336 e. The summed E-state index contributed by atoms with van der Waals surface area (Å²) in [4.78, 5) is 12.6. The summed E-state index contributed by atoms with van der Waals surface area (Å²) in [7, 11) is 0. The second-order valence-corrected chi connectivity index (χ2v) is 5.16. The molecule has 1 aromatic heterocycles. The van der Waals surface area contributed by atoms with Gasteiger partial charge in [-0.15, -0.1) is 5.10 Å². The predicted octanol–water partition coefficient (Wildman–Crippen LogP) is 2.65. The number of rotatable bonds is 5. The van der Waals surface area contributed by atoms with Crippen LogP contribution < -0.4 is 10.6 Å². The van der Waals surface area contributed by atoms with Crippen LogP contribution in [0.5, 0.6) is 0 Å². The first-order chi connectivity index (χ1) is 11.2. The van der Waals surface area contributed by atoms with Crippen molar-refractivity contribution < 1.29 is 4.79 Å². The molecule has 1 amide bonds. The van der Waals surface area contributed by atoms with Crippen LogP contribution in [0, 0.1) is 0 Å². The van der Waals surface area contributed by atoms with Gasteiger partial charge in [0.05, 0.1) is 0 Å². The van der Waals surface area contributed by atoms with Gasteiger partial charge in [0, 0.05) is 10.7 Å². The molecule has 0 aliphatic rings. The summed E-state index contributed by atoms with van der Waals surface area (Å²) >= 11 is 5.85. The molecule has 8 heteroatoms. The zero-order valence-electron chi connectivity index (χ0n) is 11.9. The Morgan fingerprint density at radius 3 is 2.48 bits per heavy atom. The number of anilines is 2. The average molecular weight is 329 g/mol. The van der Waals surface area contributed by atoms with Crippen molar-refractivity contribution in [1.82, 2.24) is 20.6 Å². The lowest BCUT2D eigenvalue weighted by atomic mass is 10.1. The van der Waals surface area contributed by atoms with E-state index in [0.717, 1.165) is 5.56 Å². The standard InChI is InChI=1S/C15H13ClN6O/c16-11-6-8-12(9-7-11)17-14(23)13(10-4-2-1-3-5-10)18-15-19-21-22-20-15/h1-9,13H,(H,17,23)(H2,18,19,20,21,22)/t13-/m0/s1. The summed E-state index contributed by atoms with van der Waals surface area (Å²) < 4.78 is 0. The lowest BCUT2D eigenvalue weighted by Gasteiger charge is -2.17. The topological polar surface area (TPSA) is 95.6 Å². The summed E-state index contributed by atoms with van der Waals surface area (Å²) in [6.07, 6.45) is 0. The van der Waals surface area contributed by atoms with E-state index < -0.39 is 6.04 Å². The number of aromatic amines is 1. The van der Waals surface area contributed by atoms with Gasteiger partial charge in [0.2, 0.25) is 0 Å². The molecule has 1 heterocycles. The molecule has 0 aliphatic carbocycles. The Balaban J connectivity index is 1.82. The first-order valence-corrected chi connectivity index (χ1v) is 7.21. The number of H-pyrrole nitrogens is 1. The van der Waals surface area contributed by atoms with Crippen molar-refractivity contribution in [3.63, 3.8) is 0 Å². The van der Waals surface area contributed by atoms with Crippen LogP contribution in [0.25, 0.3) is 0 Å². The highest BCUT2D eigenvalue weighted by Crippen LogP contribution is 2.20. The maximum absolute atomic E-state index is 12.6. The zero-order chi connectivity index (χ0) is 16.1. The van der Waals surface area contributed by atoms with Crippen LogP contribution >= 0.6 is 11.6 Å². The van der Waals surface area contributed by atoms with Crippen LogP contribution in [-0.4, -0.2) is 26.5 Å². The van der Waals surface area contributed by atoms with Crippen LogP contribution in [-0.2, 0) is 4.79 Å². The molecule has 23 heavy (non-hydrogen) atoms. The third-order valence-electron chi connectivity index (χ3n) is 3.13. The molecule has 3 rings (SSSR count).